The van der Waals surface area contributed by atoms with Crippen LogP contribution in [0, 0.1) is 21.4 Å². The van der Waals surface area contributed by atoms with Crippen molar-refractivity contribution in [3.63, 3.8) is 0 Å². The van der Waals surface area contributed by atoms with Crippen LogP contribution in [0.3, 0.4) is 0 Å². The normalized spacial score (nSPS) is 18.7. The third-order valence-electron chi connectivity index (χ3n) is 2.94. The average Bonchev–Trinajstić information content (AvgIpc) is 2.46. The molecule has 0 spiro atoms. The number of anilines is 1. The Morgan fingerprint density at radius 1 is 1.63 bits per heavy atom. The Hall–Kier alpha value is -2.33. The van der Waals surface area contributed by atoms with Crippen molar-refractivity contribution in [3.8, 4) is 11.8 Å². The molecular weight excluding hydrogens is 250 g/mol. The van der Waals surface area contributed by atoms with Gasteiger partial charge in [-0.1, -0.05) is 0 Å². The minimum Gasteiger partial charge on any atom is -0.490 e. The molecule has 0 amide bonds. The highest BCUT2D eigenvalue weighted by Gasteiger charge is 2.22. The van der Waals surface area contributed by atoms with E-state index in [0.717, 1.165) is 5.69 Å². The maximum Gasteiger partial charge on any atom is 0.311 e. The molecule has 0 bridgehead atoms. The summed E-state index contributed by atoms with van der Waals surface area (Å²) in [5.74, 6) is 0.211. The fourth-order valence-electron chi connectivity index (χ4n) is 1.98. The predicted octanol–water partition coefficient (Wildman–Crippen LogP) is 1.33. The van der Waals surface area contributed by atoms with Crippen molar-refractivity contribution < 1.29 is 14.4 Å². The highest BCUT2D eigenvalue weighted by molar-refractivity contribution is 5.59. The number of methoxy groups -OCH3 is 1. The highest BCUT2D eigenvalue weighted by Crippen LogP contribution is 2.31. The van der Waals surface area contributed by atoms with Crippen LogP contribution in [0.2, 0.25) is 0 Å². The van der Waals surface area contributed by atoms with Crippen LogP contribution in [0.5, 0.6) is 5.75 Å². The molecule has 0 saturated carbocycles. The van der Waals surface area contributed by atoms with Crippen molar-refractivity contribution in [2.24, 2.45) is 0 Å². The number of nitro groups is 1. The smallest absolute Gasteiger partial charge is 0.311 e. The Balaban J connectivity index is 2.26. The second-order valence-corrected chi connectivity index (χ2v) is 4.05. The molecule has 1 aromatic carbocycles. The predicted molar refractivity (Wildman–Crippen MR) is 67.2 cm³/mol. The molecule has 2 rings (SSSR count). The highest BCUT2D eigenvalue weighted by atomic mass is 16.6. The summed E-state index contributed by atoms with van der Waals surface area (Å²) in [4.78, 5) is 12.3. The van der Waals surface area contributed by atoms with Crippen LogP contribution in [-0.2, 0) is 4.74 Å². The first-order valence-electron chi connectivity index (χ1n) is 5.74. The minimum atomic E-state index is -0.486. The van der Waals surface area contributed by atoms with Crippen LogP contribution in [0.25, 0.3) is 0 Å². The third kappa shape index (κ3) is 2.74. The fraction of sp³-hybridized carbons (Fsp3) is 0.417. The number of morpholine rings is 1. The van der Waals surface area contributed by atoms with Crippen LogP contribution < -0.4 is 9.64 Å². The van der Waals surface area contributed by atoms with Crippen LogP contribution >= 0.6 is 0 Å². The van der Waals surface area contributed by atoms with Gasteiger partial charge < -0.3 is 14.4 Å². The number of hydrogen-bond donors (Lipinski definition) is 0. The SMILES string of the molecule is COc1cc(N2CCOC(C#N)C2)ccc1[N+](=O)[O-]. The van der Waals surface area contributed by atoms with Gasteiger partial charge in [0.15, 0.2) is 11.9 Å². The Bertz CT molecular complexity index is 526. The maximum absolute atomic E-state index is 10.8. The summed E-state index contributed by atoms with van der Waals surface area (Å²) >= 11 is 0. The summed E-state index contributed by atoms with van der Waals surface area (Å²) in [7, 11) is 1.39. The lowest BCUT2D eigenvalue weighted by molar-refractivity contribution is -0.385. The van der Waals surface area contributed by atoms with Crippen molar-refractivity contribution in [1.82, 2.24) is 0 Å². The third-order valence-corrected chi connectivity index (χ3v) is 2.94. The van der Waals surface area contributed by atoms with Gasteiger partial charge in [0.25, 0.3) is 0 Å². The maximum atomic E-state index is 10.8. The zero-order chi connectivity index (χ0) is 13.8. The Morgan fingerprint density at radius 2 is 2.42 bits per heavy atom. The zero-order valence-electron chi connectivity index (χ0n) is 10.4. The second-order valence-electron chi connectivity index (χ2n) is 4.05. The molecular formula is C12H13N3O4. The number of ether oxygens (including phenoxy) is 2. The molecule has 1 unspecified atom stereocenters. The van der Waals surface area contributed by atoms with E-state index in [1.54, 1.807) is 12.1 Å². The van der Waals surface area contributed by atoms with Crippen LogP contribution in [-0.4, -0.2) is 37.8 Å². The van der Waals surface area contributed by atoms with Crippen molar-refractivity contribution in [3.05, 3.63) is 28.3 Å². The van der Waals surface area contributed by atoms with Crippen molar-refractivity contribution in [2.75, 3.05) is 31.7 Å². The standard InChI is InChI=1S/C12H13N3O4/c1-18-12-6-9(2-3-11(12)15(16)17)14-4-5-19-10(7-13)8-14/h2-3,6,10H,4-5,8H2,1H3. The van der Waals surface area contributed by atoms with Gasteiger partial charge in [-0.2, -0.15) is 5.26 Å². The lowest BCUT2D eigenvalue weighted by Crippen LogP contribution is -2.41. The Morgan fingerprint density at radius 3 is 3.05 bits per heavy atom. The molecule has 1 aliphatic rings. The Kier molecular flexibility index (Phi) is 3.82. The van der Waals surface area contributed by atoms with E-state index in [4.69, 9.17) is 14.7 Å². The summed E-state index contributed by atoms with van der Waals surface area (Å²) in [6, 6.07) is 6.73. The first-order valence-corrected chi connectivity index (χ1v) is 5.74. The molecule has 1 heterocycles. The molecule has 0 N–H and O–H groups in total. The van der Waals surface area contributed by atoms with Gasteiger partial charge in [0.2, 0.25) is 0 Å². The van der Waals surface area contributed by atoms with Crippen LogP contribution in [0.1, 0.15) is 0 Å². The quantitative estimate of drug-likeness (QED) is 0.603. The van der Waals surface area contributed by atoms with Gasteiger partial charge >= 0.3 is 5.69 Å². The van der Waals surface area contributed by atoms with E-state index < -0.39 is 11.0 Å². The summed E-state index contributed by atoms with van der Waals surface area (Å²) in [5.41, 5.74) is 0.711. The summed E-state index contributed by atoms with van der Waals surface area (Å²) in [6.07, 6.45) is -0.477. The molecule has 1 saturated heterocycles. The number of nitriles is 1. The van der Waals surface area contributed by atoms with Gasteiger partial charge in [-0.15, -0.1) is 0 Å². The average molecular weight is 263 g/mol. The number of hydrogen-bond acceptors (Lipinski definition) is 6. The Labute approximate surface area is 110 Å². The molecule has 0 radical (unpaired) electrons. The number of nitrogens with zero attached hydrogens (tertiary/aromatic N) is 3. The molecule has 0 aliphatic carbocycles. The molecule has 1 atom stereocenters. The van der Waals surface area contributed by atoms with Crippen molar-refractivity contribution in [1.29, 1.82) is 5.26 Å². The summed E-state index contributed by atoms with van der Waals surface area (Å²) in [6.45, 7) is 1.54. The lowest BCUT2D eigenvalue weighted by atomic mass is 10.2. The van der Waals surface area contributed by atoms with E-state index in [-0.39, 0.29) is 11.4 Å². The van der Waals surface area contributed by atoms with Gasteiger partial charge in [0.05, 0.1) is 31.3 Å². The largest absolute Gasteiger partial charge is 0.490 e. The van der Waals surface area contributed by atoms with Crippen LogP contribution in [0.15, 0.2) is 18.2 Å². The molecule has 7 heteroatoms. The van der Waals surface area contributed by atoms with E-state index in [9.17, 15) is 10.1 Å². The first kappa shape index (κ1) is 13.1. The minimum absolute atomic E-state index is 0.0728. The molecule has 1 fully saturated rings. The van der Waals surface area contributed by atoms with Crippen LogP contribution in [0.4, 0.5) is 11.4 Å². The monoisotopic (exact) mass is 263 g/mol. The van der Waals surface area contributed by atoms with E-state index in [1.165, 1.54) is 13.2 Å². The van der Waals surface area contributed by atoms with Gasteiger partial charge in [0, 0.05) is 24.4 Å². The van der Waals surface area contributed by atoms with Gasteiger partial charge in [-0.25, -0.2) is 0 Å². The zero-order valence-corrected chi connectivity index (χ0v) is 10.4. The number of rotatable bonds is 3. The molecule has 19 heavy (non-hydrogen) atoms. The molecule has 0 aromatic heterocycles. The van der Waals surface area contributed by atoms with Gasteiger partial charge in [-0.05, 0) is 6.07 Å². The van der Waals surface area contributed by atoms with Gasteiger partial charge in [0.1, 0.15) is 0 Å². The topological polar surface area (TPSA) is 88.6 Å². The van der Waals surface area contributed by atoms with E-state index >= 15 is 0 Å². The van der Waals surface area contributed by atoms with Crippen molar-refractivity contribution in [2.45, 2.75) is 6.10 Å². The molecule has 1 aromatic rings. The number of nitro benzene ring substituents is 1. The summed E-state index contributed by atoms with van der Waals surface area (Å²) in [5, 5.41) is 19.7. The van der Waals surface area contributed by atoms with E-state index in [1.807, 2.05) is 4.90 Å². The molecule has 7 nitrogen and oxygen atoms in total. The molecule has 100 valence electrons. The van der Waals surface area contributed by atoms with Crippen molar-refractivity contribution >= 4 is 11.4 Å². The lowest BCUT2D eigenvalue weighted by Gasteiger charge is -2.31. The molecule has 1 aliphatic heterocycles. The first-order chi connectivity index (χ1) is 9.15. The second kappa shape index (κ2) is 5.54. The number of benzene rings is 1. The van der Waals surface area contributed by atoms with E-state index in [2.05, 4.69) is 6.07 Å². The summed E-state index contributed by atoms with van der Waals surface area (Å²) < 4.78 is 10.3. The fourth-order valence-corrected chi connectivity index (χ4v) is 1.98. The van der Waals surface area contributed by atoms with Gasteiger partial charge in [-0.3, -0.25) is 10.1 Å². The van der Waals surface area contributed by atoms with E-state index in [0.29, 0.717) is 19.7 Å².